The quantitative estimate of drug-likeness (QED) is 0.827. The van der Waals surface area contributed by atoms with Crippen LogP contribution in [-0.4, -0.2) is 17.6 Å². The Labute approximate surface area is 131 Å². The predicted octanol–water partition coefficient (Wildman–Crippen LogP) is 3.93. The Balaban J connectivity index is 1.73. The van der Waals surface area contributed by atoms with Crippen LogP contribution in [0.3, 0.4) is 0 Å². The van der Waals surface area contributed by atoms with Crippen molar-refractivity contribution in [2.24, 2.45) is 0 Å². The number of carbonyl (C=O) groups is 1. The number of benzene rings is 1. The summed E-state index contributed by atoms with van der Waals surface area (Å²) in [7, 11) is 0. The molecular formula is C16H15BrN2O2. The summed E-state index contributed by atoms with van der Waals surface area (Å²) in [6.07, 6.45) is 3.24. The molecule has 0 atom stereocenters. The molecule has 1 amide bonds. The molecule has 21 heavy (non-hydrogen) atoms. The van der Waals surface area contributed by atoms with Crippen molar-refractivity contribution >= 4 is 27.7 Å². The molecule has 2 heterocycles. The third-order valence-electron chi connectivity index (χ3n) is 3.43. The van der Waals surface area contributed by atoms with Crippen LogP contribution in [-0.2, 0) is 17.8 Å². The van der Waals surface area contributed by atoms with Crippen LogP contribution in [0.2, 0.25) is 0 Å². The van der Waals surface area contributed by atoms with Crippen molar-refractivity contribution in [3.8, 4) is 0 Å². The molecule has 1 aromatic carbocycles. The fraction of sp³-hybridized carbons (Fsp3) is 0.250. The normalized spacial score (nSPS) is 13.7. The number of hydrogen-bond acceptors (Lipinski definition) is 3. The number of fused-ring (bicyclic) bond motifs is 1. The van der Waals surface area contributed by atoms with Crippen molar-refractivity contribution in [1.82, 2.24) is 4.98 Å². The first kappa shape index (κ1) is 14.1. The van der Waals surface area contributed by atoms with E-state index in [0.29, 0.717) is 6.54 Å². The lowest BCUT2D eigenvalue weighted by molar-refractivity contribution is 0.146. The molecule has 0 radical (unpaired) electrons. The molecule has 0 fully saturated rings. The molecule has 3 rings (SSSR count). The summed E-state index contributed by atoms with van der Waals surface area (Å²) in [5, 5.41) is 0. The maximum atomic E-state index is 12.3. The number of ether oxygens (including phenoxy) is 1. The summed E-state index contributed by atoms with van der Waals surface area (Å²) in [6.45, 7) is 0.950. The SMILES string of the molecule is O=C(OCc1ccccc1)N1CCCc2ncc(Br)cc21. The Morgan fingerprint density at radius 2 is 2.14 bits per heavy atom. The maximum Gasteiger partial charge on any atom is 0.414 e. The second-order valence-electron chi connectivity index (χ2n) is 4.91. The van der Waals surface area contributed by atoms with Crippen molar-refractivity contribution in [3.05, 3.63) is 58.3 Å². The molecule has 2 aromatic rings. The summed E-state index contributed by atoms with van der Waals surface area (Å²) in [5.41, 5.74) is 2.77. The number of halogens is 1. The van der Waals surface area contributed by atoms with Gasteiger partial charge in [-0.2, -0.15) is 0 Å². The van der Waals surface area contributed by atoms with Crippen LogP contribution in [0, 0.1) is 0 Å². The van der Waals surface area contributed by atoms with Crippen molar-refractivity contribution in [2.75, 3.05) is 11.4 Å². The monoisotopic (exact) mass is 346 g/mol. The number of carbonyl (C=O) groups excluding carboxylic acids is 1. The number of aromatic nitrogens is 1. The zero-order valence-electron chi connectivity index (χ0n) is 11.5. The molecule has 0 N–H and O–H groups in total. The number of pyridine rings is 1. The highest BCUT2D eigenvalue weighted by Gasteiger charge is 2.24. The van der Waals surface area contributed by atoms with Crippen LogP contribution in [0.25, 0.3) is 0 Å². The standard InChI is InChI=1S/C16H15BrN2O2/c17-13-9-15-14(18-10-13)7-4-8-19(15)16(20)21-11-12-5-2-1-3-6-12/h1-3,5-6,9-10H,4,7-8,11H2. The fourth-order valence-corrected chi connectivity index (χ4v) is 2.71. The summed E-state index contributed by atoms with van der Waals surface area (Å²) >= 11 is 3.40. The van der Waals surface area contributed by atoms with Gasteiger partial charge in [0, 0.05) is 17.2 Å². The predicted molar refractivity (Wildman–Crippen MR) is 84.2 cm³/mol. The third-order valence-corrected chi connectivity index (χ3v) is 3.86. The molecule has 1 aliphatic heterocycles. The van der Waals surface area contributed by atoms with Crippen molar-refractivity contribution in [2.45, 2.75) is 19.4 Å². The van der Waals surface area contributed by atoms with E-state index in [2.05, 4.69) is 20.9 Å². The first-order valence-corrected chi connectivity index (χ1v) is 7.66. The lowest BCUT2D eigenvalue weighted by atomic mass is 10.1. The second-order valence-corrected chi connectivity index (χ2v) is 5.83. The lowest BCUT2D eigenvalue weighted by Gasteiger charge is -2.28. The van der Waals surface area contributed by atoms with E-state index in [1.807, 2.05) is 36.4 Å². The van der Waals surface area contributed by atoms with Gasteiger partial charge in [0.1, 0.15) is 6.61 Å². The summed E-state index contributed by atoms with van der Waals surface area (Å²) in [4.78, 5) is 18.3. The number of nitrogens with zero attached hydrogens (tertiary/aromatic N) is 2. The minimum absolute atomic E-state index is 0.285. The Morgan fingerprint density at radius 1 is 1.33 bits per heavy atom. The number of amides is 1. The molecule has 0 unspecified atom stereocenters. The van der Waals surface area contributed by atoms with Gasteiger partial charge in [-0.15, -0.1) is 0 Å². The first-order valence-electron chi connectivity index (χ1n) is 6.86. The van der Waals surface area contributed by atoms with E-state index in [1.54, 1.807) is 11.1 Å². The molecule has 0 spiro atoms. The van der Waals surface area contributed by atoms with Gasteiger partial charge in [0.05, 0.1) is 11.4 Å². The Kier molecular flexibility index (Phi) is 4.20. The van der Waals surface area contributed by atoms with E-state index in [-0.39, 0.29) is 12.7 Å². The van der Waals surface area contributed by atoms with Crippen LogP contribution in [0.1, 0.15) is 17.7 Å². The fourth-order valence-electron chi connectivity index (χ4n) is 2.40. The van der Waals surface area contributed by atoms with Gasteiger partial charge < -0.3 is 4.74 Å². The van der Waals surface area contributed by atoms with E-state index in [1.165, 1.54) is 0 Å². The van der Waals surface area contributed by atoms with Crippen molar-refractivity contribution in [3.63, 3.8) is 0 Å². The van der Waals surface area contributed by atoms with E-state index >= 15 is 0 Å². The molecule has 4 nitrogen and oxygen atoms in total. The third kappa shape index (κ3) is 3.24. The zero-order valence-corrected chi connectivity index (χ0v) is 13.0. The van der Waals surface area contributed by atoms with Gasteiger partial charge in [-0.1, -0.05) is 30.3 Å². The first-order chi connectivity index (χ1) is 10.2. The van der Waals surface area contributed by atoms with Crippen molar-refractivity contribution < 1.29 is 9.53 Å². The minimum atomic E-state index is -0.320. The maximum absolute atomic E-state index is 12.3. The average molecular weight is 347 g/mol. The van der Waals surface area contributed by atoms with Gasteiger partial charge in [0.2, 0.25) is 0 Å². The molecule has 0 bridgehead atoms. The Hall–Kier alpha value is -1.88. The number of hydrogen-bond donors (Lipinski definition) is 0. The number of aryl methyl sites for hydroxylation is 1. The molecule has 108 valence electrons. The molecular weight excluding hydrogens is 332 g/mol. The molecule has 0 saturated carbocycles. The number of anilines is 1. The van der Waals surface area contributed by atoms with Gasteiger partial charge in [0.15, 0.2) is 0 Å². The summed E-state index contributed by atoms with van der Waals surface area (Å²) in [6, 6.07) is 11.6. The Morgan fingerprint density at radius 3 is 2.95 bits per heavy atom. The van der Waals surface area contributed by atoms with Crippen molar-refractivity contribution in [1.29, 1.82) is 0 Å². The average Bonchev–Trinajstić information content (AvgIpc) is 2.53. The van der Waals surface area contributed by atoms with Gasteiger partial charge in [-0.05, 0) is 40.4 Å². The van der Waals surface area contributed by atoms with Crippen LogP contribution in [0.15, 0.2) is 47.1 Å². The van der Waals surface area contributed by atoms with Gasteiger partial charge in [-0.3, -0.25) is 9.88 Å². The van der Waals surface area contributed by atoms with Crippen LogP contribution >= 0.6 is 15.9 Å². The lowest BCUT2D eigenvalue weighted by Crippen LogP contribution is -2.36. The van der Waals surface area contributed by atoms with Crippen LogP contribution in [0.4, 0.5) is 10.5 Å². The summed E-state index contributed by atoms with van der Waals surface area (Å²) in [5.74, 6) is 0. The van der Waals surface area contributed by atoms with Crippen LogP contribution in [0.5, 0.6) is 0 Å². The van der Waals surface area contributed by atoms with E-state index in [4.69, 9.17) is 4.74 Å². The molecule has 0 saturated heterocycles. The highest BCUT2D eigenvalue weighted by molar-refractivity contribution is 9.10. The molecule has 1 aliphatic rings. The highest BCUT2D eigenvalue weighted by atomic mass is 79.9. The smallest absolute Gasteiger partial charge is 0.414 e. The minimum Gasteiger partial charge on any atom is -0.444 e. The van der Waals surface area contributed by atoms with E-state index < -0.39 is 0 Å². The molecule has 1 aromatic heterocycles. The topological polar surface area (TPSA) is 42.4 Å². The molecule has 5 heteroatoms. The second kappa shape index (κ2) is 6.26. The van der Waals surface area contributed by atoms with E-state index in [9.17, 15) is 4.79 Å². The summed E-state index contributed by atoms with van der Waals surface area (Å²) < 4.78 is 6.27. The Bertz CT molecular complexity index is 646. The zero-order chi connectivity index (χ0) is 14.7. The highest BCUT2D eigenvalue weighted by Crippen LogP contribution is 2.28. The largest absolute Gasteiger partial charge is 0.444 e. The van der Waals surface area contributed by atoms with Crippen LogP contribution < -0.4 is 4.90 Å². The van der Waals surface area contributed by atoms with Gasteiger partial charge >= 0.3 is 6.09 Å². The van der Waals surface area contributed by atoms with Gasteiger partial charge in [0.25, 0.3) is 0 Å². The molecule has 0 aliphatic carbocycles. The van der Waals surface area contributed by atoms with E-state index in [0.717, 1.165) is 34.3 Å². The number of rotatable bonds is 2. The van der Waals surface area contributed by atoms with Gasteiger partial charge in [-0.25, -0.2) is 4.79 Å².